The summed E-state index contributed by atoms with van der Waals surface area (Å²) in [4.78, 5) is 30.6. The second kappa shape index (κ2) is 9.86. The Bertz CT molecular complexity index is 956. The molecule has 5 rings (SSSR count). The third-order valence-electron chi connectivity index (χ3n) is 6.03. The number of carbonyl (C=O) groups is 1. The number of aromatic nitrogens is 3. The summed E-state index contributed by atoms with van der Waals surface area (Å²) in [7, 11) is 0. The number of amides is 2. The second-order valence-electron chi connectivity index (χ2n) is 8.40. The summed E-state index contributed by atoms with van der Waals surface area (Å²) in [5.41, 5.74) is 1.48. The molecule has 0 aliphatic carbocycles. The van der Waals surface area contributed by atoms with Crippen LogP contribution in [0, 0.1) is 0 Å². The number of benzene rings is 1. The number of fused-ring (bicyclic) bond motifs is 2. The first kappa shape index (κ1) is 21.8. The van der Waals surface area contributed by atoms with Gasteiger partial charge in [0, 0.05) is 44.0 Å². The Kier molecular flexibility index (Phi) is 6.51. The normalized spacial score (nSPS) is 22.3. The summed E-state index contributed by atoms with van der Waals surface area (Å²) in [6.07, 6.45) is 2.63. The Labute approximate surface area is 192 Å². The van der Waals surface area contributed by atoms with E-state index in [4.69, 9.17) is 29.5 Å². The minimum atomic E-state index is -0.365. The molecule has 0 spiro atoms. The number of hydrogen-bond donors (Lipinski definition) is 3. The van der Waals surface area contributed by atoms with Crippen LogP contribution in [0.15, 0.2) is 24.3 Å². The van der Waals surface area contributed by atoms with Gasteiger partial charge < -0.3 is 35.0 Å². The first-order valence-corrected chi connectivity index (χ1v) is 11.4. The van der Waals surface area contributed by atoms with Crippen molar-refractivity contribution in [3.8, 4) is 11.4 Å². The molecule has 2 unspecified atom stereocenters. The van der Waals surface area contributed by atoms with E-state index in [2.05, 4.69) is 20.4 Å². The van der Waals surface area contributed by atoms with Gasteiger partial charge in [-0.3, -0.25) is 0 Å². The van der Waals surface area contributed by atoms with Crippen molar-refractivity contribution in [2.75, 3.05) is 67.7 Å². The van der Waals surface area contributed by atoms with Crippen LogP contribution in [-0.4, -0.2) is 90.8 Å². The summed E-state index contributed by atoms with van der Waals surface area (Å²) in [5, 5.41) is 14.1. The van der Waals surface area contributed by atoms with Crippen LogP contribution in [0.25, 0.3) is 11.4 Å². The molecule has 2 atom stereocenters. The maximum atomic E-state index is 11.8. The maximum absolute atomic E-state index is 11.8. The van der Waals surface area contributed by atoms with Crippen LogP contribution in [0.4, 0.5) is 22.4 Å². The predicted octanol–water partition coefficient (Wildman–Crippen LogP) is 0.857. The van der Waals surface area contributed by atoms with Gasteiger partial charge in [-0.25, -0.2) is 4.79 Å². The molecule has 0 saturated carbocycles. The van der Waals surface area contributed by atoms with Crippen molar-refractivity contribution in [3.05, 3.63) is 24.3 Å². The van der Waals surface area contributed by atoms with Crippen LogP contribution in [0.2, 0.25) is 0 Å². The molecule has 11 nitrogen and oxygen atoms in total. The number of carbonyl (C=O) groups excluding carboxylic acids is 1. The van der Waals surface area contributed by atoms with E-state index in [0.717, 1.165) is 44.6 Å². The summed E-state index contributed by atoms with van der Waals surface area (Å²) in [5.74, 6) is 1.92. The number of anilines is 3. The van der Waals surface area contributed by atoms with E-state index in [1.807, 2.05) is 12.1 Å². The molecule has 4 heterocycles. The lowest BCUT2D eigenvalue weighted by Gasteiger charge is -2.33. The molecule has 2 bridgehead atoms. The van der Waals surface area contributed by atoms with Crippen molar-refractivity contribution in [3.63, 3.8) is 0 Å². The smallest absolute Gasteiger partial charge is 0.319 e. The number of rotatable bonds is 6. The molecule has 1 aromatic carbocycles. The average molecular weight is 456 g/mol. The number of morpholine rings is 2. The van der Waals surface area contributed by atoms with Gasteiger partial charge in [-0.05, 0) is 37.1 Å². The fourth-order valence-electron chi connectivity index (χ4n) is 4.35. The fraction of sp³-hybridized carbons (Fsp3) is 0.545. The third-order valence-corrected chi connectivity index (χ3v) is 6.03. The zero-order chi connectivity index (χ0) is 22.6. The van der Waals surface area contributed by atoms with Gasteiger partial charge in [0.15, 0.2) is 5.82 Å². The van der Waals surface area contributed by atoms with Gasteiger partial charge in [0.25, 0.3) is 0 Å². The Hall–Kier alpha value is -3.02. The van der Waals surface area contributed by atoms with Crippen molar-refractivity contribution in [1.82, 2.24) is 20.3 Å². The van der Waals surface area contributed by atoms with Crippen LogP contribution in [-0.2, 0) is 9.47 Å². The number of aliphatic hydroxyl groups excluding tert-OH is 1. The van der Waals surface area contributed by atoms with E-state index in [-0.39, 0.29) is 31.4 Å². The van der Waals surface area contributed by atoms with Gasteiger partial charge in [0.2, 0.25) is 11.9 Å². The average Bonchev–Trinajstić information content (AvgIpc) is 3.20. The number of urea groups is 1. The lowest BCUT2D eigenvalue weighted by molar-refractivity contribution is 0.0299. The summed E-state index contributed by atoms with van der Waals surface area (Å²) < 4.78 is 11.5. The van der Waals surface area contributed by atoms with E-state index in [1.54, 1.807) is 12.1 Å². The SMILES string of the molecule is O=C(NCCO)Nc1ccc(-c2nc(N3CCOCC3)nc(N3CC4CCC(C3)O4)n2)cc1. The molecule has 2 aromatic rings. The van der Waals surface area contributed by atoms with E-state index in [1.165, 1.54) is 0 Å². The van der Waals surface area contributed by atoms with E-state index < -0.39 is 0 Å². The van der Waals surface area contributed by atoms with Gasteiger partial charge in [0.1, 0.15) is 0 Å². The quantitative estimate of drug-likeness (QED) is 0.581. The van der Waals surface area contributed by atoms with Crippen molar-refractivity contribution in [2.24, 2.45) is 0 Å². The van der Waals surface area contributed by atoms with Gasteiger partial charge in [-0.2, -0.15) is 15.0 Å². The molecule has 3 N–H and O–H groups in total. The van der Waals surface area contributed by atoms with Gasteiger partial charge in [-0.15, -0.1) is 0 Å². The van der Waals surface area contributed by atoms with Crippen LogP contribution in [0.3, 0.4) is 0 Å². The number of ether oxygens (including phenoxy) is 2. The zero-order valence-corrected chi connectivity index (χ0v) is 18.4. The molecule has 1 aromatic heterocycles. The van der Waals surface area contributed by atoms with Gasteiger partial charge in [0.05, 0.1) is 32.0 Å². The Morgan fingerprint density at radius 1 is 1.00 bits per heavy atom. The third kappa shape index (κ3) is 5.15. The predicted molar refractivity (Wildman–Crippen MR) is 123 cm³/mol. The lowest BCUT2D eigenvalue weighted by atomic mass is 10.2. The topological polar surface area (TPSA) is 125 Å². The molecule has 2 amide bonds. The summed E-state index contributed by atoms with van der Waals surface area (Å²) >= 11 is 0. The van der Waals surface area contributed by atoms with Crippen molar-refractivity contribution >= 4 is 23.6 Å². The highest BCUT2D eigenvalue weighted by Gasteiger charge is 2.35. The lowest BCUT2D eigenvalue weighted by Crippen LogP contribution is -2.44. The highest BCUT2D eigenvalue weighted by molar-refractivity contribution is 5.89. The molecular formula is C22H29N7O4. The zero-order valence-electron chi connectivity index (χ0n) is 18.4. The monoisotopic (exact) mass is 455 g/mol. The Morgan fingerprint density at radius 3 is 2.33 bits per heavy atom. The van der Waals surface area contributed by atoms with Crippen molar-refractivity contribution < 1.29 is 19.4 Å². The molecule has 3 aliphatic heterocycles. The Morgan fingerprint density at radius 2 is 1.67 bits per heavy atom. The summed E-state index contributed by atoms with van der Waals surface area (Å²) in [6.45, 7) is 4.44. The molecule has 11 heteroatoms. The number of aliphatic hydroxyl groups is 1. The molecule has 3 aliphatic rings. The highest BCUT2D eigenvalue weighted by atomic mass is 16.5. The fourth-order valence-corrected chi connectivity index (χ4v) is 4.35. The van der Waals surface area contributed by atoms with E-state index in [0.29, 0.717) is 36.6 Å². The van der Waals surface area contributed by atoms with Crippen LogP contribution in [0.1, 0.15) is 12.8 Å². The number of nitrogens with zero attached hydrogens (tertiary/aromatic N) is 5. The largest absolute Gasteiger partial charge is 0.395 e. The molecule has 0 radical (unpaired) electrons. The van der Waals surface area contributed by atoms with Crippen molar-refractivity contribution in [2.45, 2.75) is 25.0 Å². The van der Waals surface area contributed by atoms with Crippen molar-refractivity contribution in [1.29, 1.82) is 0 Å². The maximum Gasteiger partial charge on any atom is 0.319 e. The highest BCUT2D eigenvalue weighted by Crippen LogP contribution is 2.30. The molecule has 33 heavy (non-hydrogen) atoms. The molecule has 176 valence electrons. The van der Waals surface area contributed by atoms with Crippen LogP contribution < -0.4 is 20.4 Å². The summed E-state index contributed by atoms with van der Waals surface area (Å²) in [6, 6.07) is 7.01. The van der Waals surface area contributed by atoms with E-state index >= 15 is 0 Å². The molecular weight excluding hydrogens is 426 g/mol. The standard InChI is InChI=1S/C22H29N7O4/c30-10-7-23-22(31)24-16-3-1-15(2-4-16)19-25-20(28-8-11-32-12-9-28)27-21(26-19)29-13-17-5-6-18(14-29)33-17/h1-4,17-18,30H,5-14H2,(H2,23,24,31). The van der Waals surface area contributed by atoms with Gasteiger partial charge >= 0.3 is 6.03 Å². The second-order valence-corrected chi connectivity index (χ2v) is 8.40. The van der Waals surface area contributed by atoms with Gasteiger partial charge in [-0.1, -0.05) is 0 Å². The number of nitrogens with one attached hydrogen (secondary N) is 2. The first-order chi connectivity index (χ1) is 16.2. The van der Waals surface area contributed by atoms with E-state index in [9.17, 15) is 4.79 Å². The Balaban J connectivity index is 1.40. The minimum absolute atomic E-state index is 0.107. The molecule has 3 saturated heterocycles. The molecule has 3 fully saturated rings. The van der Waals surface area contributed by atoms with Crippen LogP contribution in [0.5, 0.6) is 0 Å². The first-order valence-electron chi connectivity index (χ1n) is 11.4. The minimum Gasteiger partial charge on any atom is -0.395 e. The number of hydrogen-bond acceptors (Lipinski definition) is 9. The van der Waals surface area contributed by atoms with Crippen LogP contribution >= 0.6 is 0 Å².